The number of likely N-dealkylation sites (tertiary alicyclic amines) is 1. The lowest BCUT2D eigenvalue weighted by Gasteiger charge is -2.34. The van der Waals surface area contributed by atoms with Crippen molar-refractivity contribution in [3.63, 3.8) is 0 Å². The maximum atomic E-state index is 5.51. The summed E-state index contributed by atoms with van der Waals surface area (Å²) in [5, 5.41) is 11.4. The van der Waals surface area contributed by atoms with Gasteiger partial charge >= 0.3 is 0 Å². The normalized spacial score (nSPS) is 21.4. The predicted octanol–water partition coefficient (Wildman–Crippen LogP) is 2.04. The van der Waals surface area contributed by atoms with E-state index in [9.17, 15) is 0 Å². The summed E-state index contributed by atoms with van der Waals surface area (Å²) in [7, 11) is 1.84. The Hall–Kier alpha value is -2.38. The van der Waals surface area contributed by atoms with Gasteiger partial charge in [0.05, 0.1) is 12.3 Å². The third-order valence-electron chi connectivity index (χ3n) is 5.83. The molecule has 0 radical (unpaired) electrons. The molecule has 0 spiro atoms. The largest absolute Gasteiger partial charge is 0.381 e. The number of hydrogen-bond donors (Lipinski definition) is 2. The van der Waals surface area contributed by atoms with Crippen LogP contribution in [0.15, 0.2) is 47.7 Å². The Morgan fingerprint density at radius 2 is 2.14 bits per heavy atom. The van der Waals surface area contributed by atoms with Crippen LogP contribution in [0.5, 0.6) is 0 Å². The standard InChI is InChI=1S/C22H32N6O/c1-23-22(24-15-18-4-2-5-21(14-18)28-10-3-9-25-28)26-20-6-11-27(12-7-20)16-19-8-13-29-17-19/h2-5,9-10,14,19-20H,6-8,11-13,15-17H2,1H3,(H2,23,24,26). The van der Waals surface area contributed by atoms with Crippen molar-refractivity contribution in [2.45, 2.75) is 31.8 Å². The van der Waals surface area contributed by atoms with Crippen molar-refractivity contribution >= 4 is 5.96 Å². The van der Waals surface area contributed by atoms with Gasteiger partial charge in [-0.1, -0.05) is 12.1 Å². The molecule has 0 bridgehead atoms. The molecule has 2 aliphatic rings. The molecule has 0 saturated carbocycles. The molecule has 1 atom stereocenters. The highest BCUT2D eigenvalue weighted by Gasteiger charge is 2.24. The van der Waals surface area contributed by atoms with Gasteiger partial charge in [-0.3, -0.25) is 4.99 Å². The van der Waals surface area contributed by atoms with Gasteiger partial charge in [0.2, 0.25) is 0 Å². The number of nitrogens with zero attached hydrogens (tertiary/aromatic N) is 4. The zero-order valence-corrected chi connectivity index (χ0v) is 17.3. The molecule has 1 unspecified atom stereocenters. The van der Waals surface area contributed by atoms with Crippen LogP contribution in [0.2, 0.25) is 0 Å². The molecular weight excluding hydrogens is 364 g/mol. The third kappa shape index (κ3) is 5.58. The van der Waals surface area contributed by atoms with E-state index in [2.05, 4.69) is 49.9 Å². The van der Waals surface area contributed by atoms with Gasteiger partial charge in [-0.05, 0) is 48.9 Å². The number of aromatic nitrogens is 2. The average Bonchev–Trinajstić information content (AvgIpc) is 3.47. The molecule has 7 nitrogen and oxygen atoms in total. The molecule has 2 aromatic rings. The van der Waals surface area contributed by atoms with Gasteiger partial charge in [0, 0.05) is 58.3 Å². The Kier molecular flexibility index (Phi) is 6.79. The molecule has 1 aromatic carbocycles. The topological polar surface area (TPSA) is 66.7 Å². The Balaban J connectivity index is 1.23. The predicted molar refractivity (Wildman–Crippen MR) is 115 cm³/mol. The van der Waals surface area contributed by atoms with Crippen molar-refractivity contribution in [2.75, 3.05) is 39.9 Å². The molecule has 29 heavy (non-hydrogen) atoms. The summed E-state index contributed by atoms with van der Waals surface area (Å²) in [6, 6.07) is 10.8. The van der Waals surface area contributed by atoms with Gasteiger partial charge in [-0.25, -0.2) is 4.68 Å². The molecule has 0 amide bonds. The monoisotopic (exact) mass is 396 g/mol. The van der Waals surface area contributed by atoms with E-state index in [1.54, 1.807) is 6.20 Å². The highest BCUT2D eigenvalue weighted by molar-refractivity contribution is 5.80. The number of nitrogens with one attached hydrogen (secondary N) is 2. The molecule has 2 saturated heterocycles. The highest BCUT2D eigenvalue weighted by atomic mass is 16.5. The minimum absolute atomic E-state index is 0.479. The second-order valence-electron chi connectivity index (χ2n) is 8.00. The fourth-order valence-electron chi connectivity index (χ4n) is 4.16. The smallest absolute Gasteiger partial charge is 0.191 e. The van der Waals surface area contributed by atoms with Gasteiger partial charge in [0.15, 0.2) is 5.96 Å². The highest BCUT2D eigenvalue weighted by Crippen LogP contribution is 2.17. The van der Waals surface area contributed by atoms with E-state index in [0.29, 0.717) is 6.04 Å². The van der Waals surface area contributed by atoms with Crippen molar-refractivity contribution in [3.8, 4) is 5.69 Å². The number of ether oxygens (including phenoxy) is 1. The summed E-state index contributed by atoms with van der Waals surface area (Å²) in [5.74, 6) is 1.60. The van der Waals surface area contributed by atoms with Gasteiger partial charge in [0.1, 0.15) is 0 Å². The number of rotatable bonds is 6. The van der Waals surface area contributed by atoms with Gasteiger partial charge < -0.3 is 20.3 Å². The van der Waals surface area contributed by atoms with E-state index in [4.69, 9.17) is 4.74 Å². The summed E-state index contributed by atoms with van der Waals surface area (Å²) in [4.78, 5) is 7.01. The van der Waals surface area contributed by atoms with Crippen LogP contribution in [0.1, 0.15) is 24.8 Å². The van der Waals surface area contributed by atoms with Gasteiger partial charge in [-0.15, -0.1) is 0 Å². The van der Waals surface area contributed by atoms with E-state index in [0.717, 1.165) is 63.3 Å². The molecule has 2 aliphatic heterocycles. The number of guanidine groups is 1. The number of piperidine rings is 1. The first-order valence-corrected chi connectivity index (χ1v) is 10.7. The molecule has 4 rings (SSSR count). The van der Waals surface area contributed by atoms with Crippen LogP contribution >= 0.6 is 0 Å². The first kappa shape index (κ1) is 19.9. The maximum Gasteiger partial charge on any atom is 0.191 e. The van der Waals surface area contributed by atoms with E-state index in [-0.39, 0.29) is 0 Å². The van der Waals surface area contributed by atoms with Crippen LogP contribution in [0.4, 0.5) is 0 Å². The molecule has 1 aromatic heterocycles. The van der Waals surface area contributed by atoms with Crippen LogP contribution in [0.3, 0.4) is 0 Å². The van der Waals surface area contributed by atoms with Crippen LogP contribution in [-0.4, -0.2) is 66.6 Å². The van der Waals surface area contributed by atoms with E-state index >= 15 is 0 Å². The number of hydrogen-bond acceptors (Lipinski definition) is 4. The van der Waals surface area contributed by atoms with Crippen LogP contribution in [0.25, 0.3) is 5.69 Å². The first-order valence-electron chi connectivity index (χ1n) is 10.7. The molecule has 3 heterocycles. The second kappa shape index (κ2) is 9.89. The first-order chi connectivity index (χ1) is 14.3. The summed E-state index contributed by atoms with van der Waals surface area (Å²) < 4.78 is 7.39. The minimum Gasteiger partial charge on any atom is -0.381 e. The summed E-state index contributed by atoms with van der Waals surface area (Å²) in [6.07, 6.45) is 7.28. The molecule has 2 N–H and O–H groups in total. The lowest BCUT2D eigenvalue weighted by molar-refractivity contribution is 0.150. The molecular formula is C22H32N6O. The summed E-state index contributed by atoms with van der Waals surface area (Å²) >= 11 is 0. The quantitative estimate of drug-likeness (QED) is 0.578. The Labute approximate surface area is 173 Å². The van der Waals surface area contributed by atoms with Crippen molar-refractivity contribution in [3.05, 3.63) is 48.3 Å². The molecule has 2 fully saturated rings. The lowest BCUT2D eigenvalue weighted by Crippen LogP contribution is -2.49. The second-order valence-corrected chi connectivity index (χ2v) is 8.00. The minimum atomic E-state index is 0.479. The van der Waals surface area contributed by atoms with Gasteiger partial charge in [-0.2, -0.15) is 5.10 Å². The van der Waals surface area contributed by atoms with Crippen molar-refractivity contribution in [1.82, 2.24) is 25.3 Å². The Bertz CT molecular complexity index is 776. The number of benzene rings is 1. The Morgan fingerprint density at radius 1 is 1.24 bits per heavy atom. The summed E-state index contributed by atoms with van der Waals surface area (Å²) in [5.41, 5.74) is 2.27. The summed E-state index contributed by atoms with van der Waals surface area (Å²) in [6.45, 7) is 6.10. The van der Waals surface area contributed by atoms with E-state index < -0.39 is 0 Å². The van der Waals surface area contributed by atoms with E-state index in [1.165, 1.54) is 18.5 Å². The van der Waals surface area contributed by atoms with Crippen LogP contribution < -0.4 is 10.6 Å². The lowest BCUT2D eigenvalue weighted by atomic mass is 10.0. The average molecular weight is 397 g/mol. The molecule has 156 valence electrons. The molecule has 0 aliphatic carbocycles. The van der Waals surface area contributed by atoms with E-state index in [1.807, 2.05) is 24.0 Å². The molecule has 7 heteroatoms. The van der Waals surface area contributed by atoms with Crippen LogP contribution in [0, 0.1) is 5.92 Å². The zero-order chi connectivity index (χ0) is 19.9. The zero-order valence-electron chi connectivity index (χ0n) is 17.3. The van der Waals surface area contributed by atoms with Crippen LogP contribution in [-0.2, 0) is 11.3 Å². The third-order valence-corrected chi connectivity index (χ3v) is 5.83. The SMILES string of the molecule is CN=C(NCc1cccc(-n2cccn2)c1)NC1CCN(CC2CCOC2)CC1. The fraction of sp³-hybridized carbons (Fsp3) is 0.545. The Morgan fingerprint density at radius 3 is 2.86 bits per heavy atom. The van der Waals surface area contributed by atoms with Crippen molar-refractivity contribution < 1.29 is 4.74 Å². The van der Waals surface area contributed by atoms with Crippen molar-refractivity contribution in [2.24, 2.45) is 10.9 Å². The van der Waals surface area contributed by atoms with Crippen molar-refractivity contribution in [1.29, 1.82) is 0 Å². The maximum absolute atomic E-state index is 5.51. The van der Waals surface area contributed by atoms with Gasteiger partial charge in [0.25, 0.3) is 0 Å². The fourth-order valence-corrected chi connectivity index (χ4v) is 4.16. The number of aliphatic imine (C=N–C) groups is 1.